The summed E-state index contributed by atoms with van der Waals surface area (Å²) >= 11 is 0. The van der Waals surface area contributed by atoms with E-state index >= 15 is 0 Å². The molecular formula is C13H19FN4O2. The lowest BCUT2D eigenvalue weighted by molar-refractivity contribution is -0.119. The first kappa shape index (κ1) is 14.5. The van der Waals surface area contributed by atoms with Gasteiger partial charge in [0.05, 0.1) is 13.7 Å². The average Bonchev–Trinajstić information content (AvgIpc) is 2.46. The summed E-state index contributed by atoms with van der Waals surface area (Å²) in [7, 11) is 1.54. The Kier molecular flexibility index (Phi) is 4.36. The van der Waals surface area contributed by atoms with E-state index < -0.39 is 5.67 Å². The molecule has 0 aliphatic carbocycles. The smallest absolute Gasteiger partial charge is 0.218 e. The Labute approximate surface area is 117 Å². The summed E-state index contributed by atoms with van der Waals surface area (Å²) in [6.45, 7) is 2.57. The molecule has 7 heteroatoms. The van der Waals surface area contributed by atoms with Gasteiger partial charge >= 0.3 is 0 Å². The maximum Gasteiger partial charge on any atom is 0.218 e. The van der Waals surface area contributed by atoms with Crippen molar-refractivity contribution >= 4 is 11.7 Å². The molecular weight excluding hydrogens is 263 g/mol. The van der Waals surface area contributed by atoms with E-state index in [-0.39, 0.29) is 12.5 Å². The number of alkyl halides is 1. The van der Waals surface area contributed by atoms with Gasteiger partial charge in [-0.1, -0.05) is 0 Å². The zero-order valence-electron chi connectivity index (χ0n) is 11.7. The van der Waals surface area contributed by atoms with Gasteiger partial charge in [0.25, 0.3) is 0 Å². The molecule has 1 N–H and O–H groups in total. The zero-order chi connectivity index (χ0) is 14.6. The summed E-state index contributed by atoms with van der Waals surface area (Å²) in [5.74, 6) is 1.02. The Morgan fingerprint density at radius 3 is 2.80 bits per heavy atom. The molecule has 1 aromatic heterocycles. The normalized spacial score (nSPS) is 17.6. The molecule has 0 unspecified atom stereocenters. The van der Waals surface area contributed by atoms with Gasteiger partial charge in [-0.3, -0.25) is 4.79 Å². The number of aromatic nitrogens is 2. The van der Waals surface area contributed by atoms with E-state index in [1.165, 1.54) is 13.3 Å². The van der Waals surface area contributed by atoms with Gasteiger partial charge in [-0.05, 0) is 0 Å². The molecule has 1 aliphatic rings. The lowest BCUT2D eigenvalue weighted by Gasteiger charge is -2.37. The SMILES string of the molecule is COc1cc(N2CCC(F)(CNC(C)=O)CC2)ncn1. The largest absolute Gasteiger partial charge is 0.481 e. The predicted molar refractivity (Wildman–Crippen MR) is 72.6 cm³/mol. The van der Waals surface area contributed by atoms with Crippen molar-refractivity contribution < 1.29 is 13.9 Å². The molecule has 1 amide bonds. The number of halogens is 1. The van der Waals surface area contributed by atoms with Crippen molar-refractivity contribution in [2.75, 3.05) is 31.6 Å². The van der Waals surface area contributed by atoms with Crippen LogP contribution in [0.1, 0.15) is 19.8 Å². The van der Waals surface area contributed by atoms with Crippen LogP contribution >= 0.6 is 0 Å². The number of carbonyl (C=O) groups is 1. The first-order valence-corrected chi connectivity index (χ1v) is 6.57. The molecule has 1 aromatic rings. The van der Waals surface area contributed by atoms with Crippen molar-refractivity contribution in [2.45, 2.75) is 25.4 Å². The second kappa shape index (κ2) is 6.02. The Morgan fingerprint density at radius 1 is 1.50 bits per heavy atom. The van der Waals surface area contributed by atoms with Crippen LogP contribution in [0.15, 0.2) is 12.4 Å². The number of methoxy groups -OCH3 is 1. The number of nitrogens with one attached hydrogen (secondary N) is 1. The third kappa shape index (κ3) is 3.55. The molecule has 1 saturated heterocycles. The fourth-order valence-electron chi connectivity index (χ4n) is 2.21. The minimum absolute atomic E-state index is 0.0727. The highest BCUT2D eigenvalue weighted by Gasteiger charge is 2.35. The van der Waals surface area contributed by atoms with Gasteiger partial charge in [-0.15, -0.1) is 0 Å². The number of rotatable bonds is 4. The van der Waals surface area contributed by atoms with Crippen molar-refractivity contribution in [2.24, 2.45) is 0 Å². The Bertz CT molecular complexity index is 475. The standard InChI is InChI=1S/C13H19FN4O2/c1-10(19)15-8-13(14)3-5-18(6-4-13)11-7-12(20-2)17-9-16-11/h7,9H,3-6,8H2,1-2H3,(H,15,19). The molecule has 20 heavy (non-hydrogen) atoms. The first-order chi connectivity index (χ1) is 9.52. The molecule has 0 spiro atoms. The Hall–Kier alpha value is -1.92. The number of ether oxygens (including phenoxy) is 1. The predicted octanol–water partition coefficient (Wildman–Crippen LogP) is 0.930. The molecule has 2 rings (SSSR count). The summed E-state index contributed by atoms with van der Waals surface area (Å²) in [5, 5.41) is 2.55. The molecule has 0 saturated carbocycles. The van der Waals surface area contributed by atoms with Crippen LogP contribution in [-0.4, -0.2) is 48.3 Å². The van der Waals surface area contributed by atoms with Crippen LogP contribution in [0.5, 0.6) is 5.88 Å². The second-order valence-corrected chi connectivity index (χ2v) is 4.97. The molecule has 110 valence electrons. The Morgan fingerprint density at radius 2 is 2.20 bits per heavy atom. The lowest BCUT2D eigenvalue weighted by Crippen LogP contribution is -2.48. The van der Waals surface area contributed by atoms with E-state index in [1.54, 1.807) is 13.2 Å². The van der Waals surface area contributed by atoms with Crippen LogP contribution in [0, 0.1) is 0 Å². The fourth-order valence-corrected chi connectivity index (χ4v) is 2.21. The van der Waals surface area contributed by atoms with Crippen LogP contribution in [0.25, 0.3) is 0 Å². The van der Waals surface area contributed by atoms with Crippen LogP contribution in [0.4, 0.5) is 10.2 Å². The molecule has 0 radical (unpaired) electrons. The van der Waals surface area contributed by atoms with Crippen molar-refractivity contribution in [1.82, 2.24) is 15.3 Å². The first-order valence-electron chi connectivity index (χ1n) is 6.57. The monoisotopic (exact) mass is 282 g/mol. The van der Waals surface area contributed by atoms with Crippen LogP contribution in [0.2, 0.25) is 0 Å². The molecule has 0 atom stereocenters. The molecule has 6 nitrogen and oxygen atoms in total. The van der Waals surface area contributed by atoms with Gasteiger partial charge in [0.15, 0.2) is 0 Å². The van der Waals surface area contributed by atoms with Gasteiger partial charge in [0.1, 0.15) is 17.8 Å². The molecule has 1 fully saturated rings. The van der Waals surface area contributed by atoms with Crippen LogP contribution in [0.3, 0.4) is 0 Å². The van der Waals surface area contributed by atoms with Gasteiger partial charge in [0, 0.05) is 38.9 Å². The number of nitrogens with zero attached hydrogens (tertiary/aromatic N) is 3. The molecule has 1 aliphatic heterocycles. The molecule has 2 heterocycles. The second-order valence-electron chi connectivity index (χ2n) is 4.97. The average molecular weight is 282 g/mol. The van der Waals surface area contributed by atoms with Gasteiger partial charge in [0.2, 0.25) is 11.8 Å². The topological polar surface area (TPSA) is 67.3 Å². The van der Waals surface area contributed by atoms with Crippen molar-refractivity contribution in [3.63, 3.8) is 0 Å². The van der Waals surface area contributed by atoms with Crippen molar-refractivity contribution in [1.29, 1.82) is 0 Å². The number of amides is 1. The highest BCUT2D eigenvalue weighted by Crippen LogP contribution is 2.28. The number of piperidine rings is 1. The minimum atomic E-state index is -1.33. The van der Waals surface area contributed by atoms with E-state index in [2.05, 4.69) is 15.3 Å². The van der Waals surface area contributed by atoms with Gasteiger partial charge in [-0.25, -0.2) is 14.4 Å². The Balaban J connectivity index is 1.94. The number of hydrogen-bond donors (Lipinski definition) is 1. The maximum absolute atomic E-state index is 14.5. The summed E-state index contributed by atoms with van der Waals surface area (Å²) in [5.41, 5.74) is -1.33. The van der Waals surface area contributed by atoms with Gasteiger partial charge in [-0.2, -0.15) is 0 Å². The van der Waals surface area contributed by atoms with Crippen molar-refractivity contribution in [3.8, 4) is 5.88 Å². The number of hydrogen-bond acceptors (Lipinski definition) is 5. The summed E-state index contributed by atoms with van der Waals surface area (Å²) in [6, 6.07) is 1.74. The third-order valence-corrected chi connectivity index (χ3v) is 3.47. The zero-order valence-corrected chi connectivity index (χ0v) is 11.7. The summed E-state index contributed by atoms with van der Waals surface area (Å²) in [6.07, 6.45) is 2.15. The maximum atomic E-state index is 14.5. The van der Waals surface area contributed by atoms with E-state index in [0.717, 1.165) is 5.82 Å². The van der Waals surface area contributed by atoms with E-state index in [0.29, 0.717) is 31.8 Å². The van der Waals surface area contributed by atoms with Gasteiger partial charge < -0.3 is 15.0 Å². The minimum Gasteiger partial charge on any atom is -0.481 e. The van der Waals surface area contributed by atoms with E-state index in [9.17, 15) is 9.18 Å². The lowest BCUT2D eigenvalue weighted by atomic mass is 9.93. The third-order valence-electron chi connectivity index (χ3n) is 3.47. The van der Waals surface area contributed by atoms with Crippen LogP contribution < -0.4 is 15.0 Å². The van der Waals surface area contributed by atoms with E-state index in [1.807, 2.05) is 4.90 Å². The summed E-state index contributed by atoms with van der Waals surface area (Å²) < 4.78 is 19.5. The number of anilines is 1. The fraction of sp³-hybridized carbons (Fsp3) is 0.615. The van der Waals surface area contributed by atoms with Crippen molar-refractivity contribution in [3.05, 3.63) is 12.4 Å². The van der Waals surface area contributed by atoms with Crippen LogP contribution in [-0.2, 0) is 4.79 Å². The molecule has 0 bridgehead atoms. The summed E-state index contributed by atoms with van der Waals surface area (Å²) in [4.78, 5) is 21.0. The quantitative estimate of drug-likeness (QED) is 0.890. The number of carbonyl (C=O) groups excluding carboxylic acids is 1. The van der Waals surface area contributed by atoms with E-state index in [4.69, 9.17) is 4.74 Å². The highest BCUT2D eigenvalue weighted by atomic mass is 19.1. The highest BCUT2D eigenvalue weighted by molar-refractivity contribution is 5.72. The molecule has 0 aromatic carbocycles.